The normalized spacial score (nSPS) is 17.2. The highest BCUT2D eigenvalue weighted by atomic mass is 35.5. The van der Waals surface area contributed by atoms with Crippen LogP contribution in [0.4, 0.5) is 0 Å². The number of halogens is 1. The van der Waals surface area contributed by atoms with Crippen LogP contribution in [0.3, 0.4) is 0 Å². The molecule has 0 spiro atoms. The van der Waals surface area contributed by atoms with Gasteiger partial charge in [0, 0.05) is 30.6 Å². The SMILES string of the molecule is CCN(CCNCc1ccc(Cl)s1)C1CCCCC1. The van der Waals surface area contributed by atoms with Crippen molar-refractivity contribution in [2.75, 3.05) is 19.6 Å². The molecule has 1 fully saturated rings. The second-order valence-corrected chi connectivity index (χ2v) is 7.10. The minimum Gasteiger partial charge on any atom is -0.311 e. The van der Waals surface area contributed by atoms with E-state index in [1.165, 1.54) is 50.1 Å². The Balaban J connectivity index is 1.65. The predicted octanol–water partition coefficient (Wildman–Crippen LogP) is 4.15. The Morgan fingerprint density at radius 1 is 1.32 bits per heavy atom. The van der Waals surface area contributed by atoms with E-state index >= 15 is 0 Å². The zero-order chi connectivity index (χ0) is 13.5. The van der Waals surface area contributed by atoms with Crippen molar-refractivity contribution in [2.45, 2.75) is 51.6 Å². The second-order valence-electron chi connectivity index (χ2n) is 5.30. The lowest BCUT2D eigenvalue weighted by molar-refractivity contribution is 0.164. The van der Waals surface area contributed by atoms with Crippen molar-refractivity contribution < 1.29 is 0 Å². The maximum Gasteiger partial charge on any atom is 0.0931 e. The van der Waals surface area contributed by atoms with Gasteiger partial charge >= 0.3 is 0 Å². The van der Waals surface area contributed by atoms with Gasteiger partial charge in [-0.3, -0.25) is 4.90 Å². The van der Waals surface area contributed by atoms with Crippen LogP contribution in [0, 0.1) is 0 Å². The van der Waals surface area contributed by atoms with Gasteiger partial charge in [0.2, 0.25) is 0 Å². The van der Waals surface area contributed by atoms with E-state index in [0.29, 0.717) is 0 Å². The van der Waals surface area contributed by atoms with E-state index < -0.39 is 0 Å². The molecule has 0 atom stereocenters. The third kappa shape index (κ3) is 5.07. The maximum atomic E-state index is 5.93. The van der Waals surface area contributed by atoms with Crippen molar-refractivity contribution in [1.82, 2.24) is 10.2 Å². The van der Waals surface area contributed by atoms with Crippen LogP contribution < -0.4 is 5.32 Å². The fourth-order valence-electron chi connectivity index (χ4n) is 2.93. The first-order chi connectivity index (χ1) is 9.29. The number of thiophene rings is 1. The van der Waals surface area contributed by atoms with Gasteiger partial charge in [0.1, 0.15) is 0 Å². The summed E-state index contributed by atoms with van der Waals surface area (Å²) in [6, 6.07) is 4.92. The van der Waals surface area contributed by atoms with Crippen molar-refractivity contribution in [3.05, 3.63) is 21.3 Å². The number of rotatable bonds is 7. The third-order valence-electron chi connectivity index (χ3n) is 4.00. The van der Waals surface area contributed by atoms with Crippen molar-refractivity contribution in [3.8, 4) is 0 Å². The summed E-state index contributed by atoms with van der Waals surface area (Å²) in [4.78, 5) is 3.97. The Labute approximate surface area is 126 Å². The van der Waals surface area contributed by atoms with E-state index in [4.69, 9.17) is 11.6 Å². The van der Waals surface area contributed by atoms with Gasteiger partial charge in [0.05, 0.1) is 4.34 Å². The average molecular weight is 301 g/mol. The molecule has 0 aromatic carbocycles. The van der Waals surface area contributed by atoms with Crippen molar-refractivity contribution >= 4 is 22.9 Å². The molecule has 2 nitrogen and oxygen atoms in total. The summed E-state index contributed by atoms with van der Waals surface area (Å²) in [5.74, 6) is 0. The van der Waals surface area contributed by atoms with Crippen LogP contribution in [0.15, 0.2) is 12.1 Å². The van der Waals surface area contributed by atoms with E-state index in [1.54, 1.807) is 11.3 Å². The summed E-state index contributed by atoms with van der Waals surface area (Å²) in [6.07, 6.45) is 7.07. The lowest BCUT2D eigenvalue weighted by Gasteiger charge is -2.33. The van der Waals surface area contributed by atoms with Crippen LogP contribution >= 0.6 is 22.9 Å². The number of nitrogens with zero attached hydrogens (tertiary/aromatic N) is 1. The van der Waals surface area contributed by atoms with E-state index in [2.05, 4.69) is 23.2 Å². The molecule has 0 radical (unpaired) electrons. The Morgan fingerprint density at radius 2 is 2.11 bits per heavy atom. The van der Waals surface area contributed by atoms with Crippen molar-refractivity contribution in [3.63, 3.8) is 0 Å². The van der Waals surface area contributed by atoms with Gasteiger partial charge < -0.3 is 5.32 Å². The van der Waals surface area contributed by atoms with Crippen LogP contribution in [-0.2, 0) is 6.54 Å². The molecule has 1 aromatic heterocycles. The first-order valence-electron chi connectivity index (χ1n) is 7.48. The highest BCUT2D eigenvalue weighted by molar-refractivity contribution is 7.16. The summed E-state index contributed by atoms with van der Waals surface area (Å²) in [5.41, 5.74) is 0. The summed E-state index contributed by atoms with van der Waals surface area (Å²) >= 11 is 7.60. The van der Waals surface area contributed by atoms with Gasteiger partial charge in [0.25, 0.3) is 0 Å². The molecule has 4 heteroatoms. The lowest BCUT2D eigenvalue weighted by Crippen LogP contribution is -2.40. The molecular formula is C15H25ClN2S. The quantitative estimate of drug-likeness (QED) is 0.761. The molecule has 1 aliphatic carbocycles. The predicted molar refractivity (Wildman–Crippen MR) is 85.2 cm³/mol. The maximum absolute atomic E-state index is 5.93. The smallest absolute Gasteiger partial charge is 0.0931 e. The Bertz CT molecular complexity index is 361. The standard InChI is InChI=1S/C15H25ClN2S/c1-2-18(13-6-4-3-5-7-13)11-10-17-12-14-8-9-15(16)19-14/h8-9,13,17H,2-7,10-12H2,1H3. The van der Waals surface area contributed by atoms with E-state index in [-0.39, 0.29) is 0 Å². The molecule has 0 amide bonds. The van der Waals surface area contributed by atoms with E-state index in [9.17, 15) is 0 Å². The number of likely N-dealkylation sites (N-methyl/N-ethyl adjacent to an activating group) is 1. The number of hydrogen-bond acceptors (Lipinski definition) is 3. The van der Waals surface area contributed by atoms with Gasteiger partial charge in [-0.05, 0) is 31.5 Å². The summed E-state index contributed by atoms with van der Waals surface area (Å²) < 4.78 is 0.884. The highest BCUT2D eigenvalue weighted by Gasteiger charge is 2.18. The molecular weight excluding hydrogens is 276 g/mol. The molecule has 1 aromatic rings. The monoisotopic (exact) mass is 300 g/mol. The molecule has 0 bridgehead atoms. The Morgan fingerprint density at radius 3 is 2.74 bits per heavy atom. The zero-order valence-corrected chi connectivity index (χ0v) is 13.4. The summed E-state index contributed by atoms with van der Waals surface area (Å²) in [5, 5.41) is 3.53. The van der Waals surface area contributed by atoms with E-state index in [1.807, 2.05) is 6.07 Å². The first-order valence-corrected chi connectivity index (χ1v) is 8.68. The third-order valence-corrected chi connectivity index (χ3v) is 5.23. The molecule has 1 heterocycles. The largest absolute Gasteiger partial charge is 0.311 e. The fraction of sp³-hybridized carbons (Fsp3) is 0.733. The summed E-state index contributed by atoms with van der Waals surface area (Å²) in [7, 11) is 0. The number of nitrogens with one attached hydrogen (secondary N) is 1. The van der Waals surface area contributed by atoms with Gasteiger partial charge in [-0.2, -0.15) is 0 Å². The molecule has 2 rings (SSSR count). The zero-order valence-electron chi connectivity index (χ0n) is 11.8. The molecule has 19 heavy (non-hydrogen) atoms. The minimum atomic E-state index is 0.830. The van der Waals surface area contributed by atoms with Crippen molar-refractivity contribution in [2.24, 2.45) is 0 Å². The van der Waals surface area contributed by atoms with Gasteiger partial charge in [-0.15, -0.1) is 11.3 Å². The second kappa shape index (κ2) is 8.25. The molecule has 0 saturated heterocycles. The minimum absolute atomic E-state index is 0.830. The van der Waals surface area contributed by atoms with Gasteiger partial charge in [0.15, 0.2) is 0 Å². The Hall–Kier alpha value is -0.0900. The van der Waals surface area contributed by atoms with Crippen LogP contribution in [0.1, 0.15) is 43.9 Å². The van der Waals surface area contributed by atoms with Crippen molar-refractivity contribution in [1.29, 1.82) is 0 Å². The molecule has 0 aliphatic heterocycles. The van der Waals surface area contributed by atoms with Crippen LogP contribution in [0.25, 0.3) is 0 Å². The highest BCUT2D eigenvalue weighted by Crippen LogP contribution is 2.22. The molecule has 1 aliphatic rings. The lowest BCUT2D eigenvalue weighted by atomic mass is 9.94. The summed E-state index contributed by atoms with van der Waals surface area (Å²) in [6.45, 7) is 6.64. The van der Waals surface area contributed by atoms with Crippen LogP contribution in [0.2, 0.25) is 4.34 Å². The molecule has 0 unspecified atom stereocenters. The topological polar surface area (TPSA) is 15.3 Å². The molecule has 1 saturated carbocycles. The average Bonchev–Trinajstić information content (AvgIpc) is 2.86. The Kier molecular flexibility index (Phi) is 6.65. The van der Waals surface area contributed by atoms with E-state index in [0.717, 1.165) is 23.5 Å². The van der Waals surface area contributed by atoms with Crippen LogP contribution in [0.5, 0.6) is 0 Å². The fourth-order valence-corrected chi connectivity index (χ4v) is 3.98. The van der Waals surface area contributed by atoms with Gasteiger partial charge in [-0.25, -0.2) is 0 Å². The number of hydrogen-bond donors (Lipinski definition) is 1. The first kappa shape index (κ1) is 15.3. The molecule has 1 N–H and O–H groups in total. The van der Waals surface area contributed by atoms with Crippen LogP contribution in [-0.4, -0.2) is 30.6 Å². The van der Waals surface area contributed by atoms with Gasteiger partial charge in [-0.1, -0.05) is 37.8 Å². The molecule has 108 valence electrons.